The van der Waals surface area contributed by atoms with E-state index in [1.54, 1.807) is 0 Å². The van der Waals surface area contributed by atoms with Gasteiger partial charge in [0, 0.05) is 5.41 Å². The van der Waals surface area contributed by atoms with Crippen LogP contribution in [0.3, 0.4) is 0 Å². The Balaban J connectivity index is 1.72. The van der Waals surface area contributed by atoms with Gasteiger partial charge in [-0.15, -0.1) is 0 Å². The zero-order chi connectivity index (χ0) is 11.9. The van der Waals surface area contributed by atoms with Crippen LogP contribution in [0, 0.1) is 5.41 Å². The summed E-state index contributed by atoms with van der Waals surface area (Å²) in [7, 11) is 1.43. The monoisotopic (exact) mass is 238 g/mol. The fourth-order valence-corrected chi connectivity index (χ4v) is 4.80. The Bertz CT molecular complexity index is 400. The molecule has 94 valence electrons. The van der Waals surface area contributed by atoms with Crippen LogP contribution in [0.1, 0.15) is 39.0 Å². The number of rotatable bonds is 1. The first-order chi connectivity index (χ1) is 8.09. The van der Waals surface area contributed by atoms with Gasteiger partial charge in [-0.25, -0.2) is 4.79 Å². The molecule has 3 saturated heterocycles. The molecule has 4 nitrogen and oxygen atoms in total. The molecular formula is C13H18O4. The second-order valence-corrected chi connectivity index (χ2v) is 6.21. The zero-order valence-electron chi connectivity index (χ0n) is 10.3. The van der Waals surface area contributed by atoms with Crippen molar-refractivity contribution >= 4 is 5.97 Å². The third-order valence-corrected chi connectivity index (χ3v) is 5.56. The van der Waals surface area contributed by atoms with Crippen molar-refractivity contribution in [3.8, 4) is 0 Å². The van der Waals surface area contributed by atoms with Crippen LogP contribution in [0.4, 0.5) is 0 Å². The van der Waals surface area contributed by atoms with Gasteiger partial charge in [-0.2, -0.15) is 0 Å². The van der Waals surface area contributed by atoms with Crippen LogP contribution < -0.4 is 0 Å². The molecule has 2 bridgehead atoms. The quantitative estimate of drug-likeness (QED) is 0.512. The Morgan fingerprint density at radius 1 is 1.35 bits per heavy atom. The second-order valence-electron chi connectivity index (χ2n) is 6.21. The second kappa shape index (κ2) is 2.69. The van der Waals surface area contributed by atoms with Crippen LogP contribution >= 0.6 is 0 Å². The molecule has 1 spiro atoms. The van der Waals surface area contributed by atoms with E-state index < -0.39 is 11.2 Å². The van der Waals surface area contributed by atoms with Gasteiger partial charge in [-0.1, -0.05) is 12.8 Å². The van der Waals surface area contributed by atoms with Crippen LogP contribution in [-0.4, -0.2) is 36.5 Å². The van der Waals surface area contributed by atoms with Gasteiger partial charge in [0.2, 0.25) is 5.60 Å². The van der Waals surface area contributed by atoms with Crippen molar-refractivity contribution in [3.63, 3.8) is 0 Å². The molecule has 0 aromatic rings. The summed E-state index contributed by atoms with van der Waals surface area (Å²) in [5.74, 6) is -0.250. The van der Waals surface area contributed by atoms with Gasteiger partial charge in [0.15, 0.2) is 0 Å². The number of ether oxygens (including phenoxy) is 3. The molecule has 4 fully saturated rings. The van der Waals surface area contributed by atoms with Crippen molar-refractivity contribution in [1.29, 1.82) is 0 Å². The van der Waals surface area contributed by atoms with Crippen molar-refractivity contribution in [2.45, 2.75) is 62.4 Å². The molecule has 0 aromatic carbocycles. The Kier molecular flexibility index (Phi) is 1.64. The fourth-order valence-electron chi connectivity index (χ4n) is 4.80. The highest BCUT2D eigenvalue weighted by Gasteiger charge is 2.90. The van der Waals surface area contributed by atoms with E-state index in [1.807, 2.05) is 6.92 Å². The number of hydrogen-bond acceptors (Lipinski definition) is 4. The summed E-state index contributed by atoms with van der Waals surface area (Å²) in [6, 6.07) is 0. The average Bonchev–Trinajstić information content (AvgIpc) is 2.72. The number of esters is 1. The van der Waals surface area contributed by atoms with Gasteiger partial charge in [0.1, 0.15) is 11.7 Å². The standard InChI is InChI=1S/C13H18O4/c1-11-9-12(5-3-4-6-12)7-8(16-9)13(11,17-11)10(14)15-2/h8-9H,3-7H2,1-2H3/t8-,9+,11+,13-/m0/s1. The van der Waals surface area contributed by atoms with Crippen LogP contribution in [0.5, 0.6) is 0 Å². The summed E-state index contributed by atoms with van der Waals surface area (Å²) in [6.45, 7) is 2.02. The van der Waals surface area contributed by atoms with Gasteiger partial charge >= 0.3 is 5.97 Å². The first-order valence-corrected chi connectivity index (χ1v) is 6.53. The van der Waals surface area contributed by atoms with Crippen molar-refractivity contribution in [2.24, 2.45) is 5.41 Å². The highest BCUT2D eigenvalue weighted by atomic mass is 16.7. The summed E-state index contributed by atoms with van der Waals surface area (Å²) in [5.41, 5.74) is -0.916. The lowest BCUT2D eigenvalue weighted by Crippen LogP contribution is -2.49. The van der Waals surface area contributed by atoms with E-state index in [9.17, 15) is 4.79 Å². The summed E-state index contributed by atoms with van der Waals surface area (Å²) >= 11 is 0. The number of epoxide rings is 1. The van der Waals surface area contributed by atoms with E-state index in [-0.39, 0.29) is 23.6 Å². The van der Waals surface area contributed by atoms with Gasteiger partial charge in [-0.05, 0) is 26.2 Å². The van der Waals surface area contributed by atoms with E-state index in [2.05, 4.69) is 0 Å². The third-order valence-electron chi connectivity index (χ3n) is 5.56. The molecule has 0 N–H and O–H groups in total. The Hall–Kier alpha value is -0.610. The molecule has 0 radical (unpaired) electrons. The van der Waals surface area contributed by atoms with Gasteiger partial charge < -0.3 is 14.2 Å². The lowest BCUT2D eigenvalue weighted by atomic mass is 9.65. The lowest BCUT2D eigenvalue weighted by molar-refractivity contribution is -0.151. The number of methoxy groups -OCH3 is 1. The maximum Gasteiger partial charge on any atom is 0.344 e. The number of fused-ring (bicyclic) bond motifs is 6. The topological polar surface area (TPSA) is 48.1 Å². The normalized spacial score (nSPS) is 52.8. The number of carbonyl (C=O) groups is 1. The summed E-state index contributed by atoms with van der Waals surface area (Å²) in [6.07, 6.45) is 6.02. The van der Waals surface area contributed by atoms with Crippen molar-refractivity contribution in [2.75, 3.05) is 7.11 Å². The lowest BCUT2D eigenvalue weighted by Gasteiger charge is -2.33. The predicted octanol–water partition coefficient (Wildman–Crippen LogP) is 1.42. The summed E-state index contributed by atoms with van der Waals surface area (Å²) in [5, 5.41) is 0. The third kappa shape index (κ3) is 0.868. The highest BCUT2D eigenvalue weighted by molar-refractivity contribution is 5.87. The maximum absolute atomic E-state index is 11.9. The number of hydrogen-bond donors (Lipinski definition) is 0. The molecule has 4 heteroatoms. The van der Waals surface area contributed by atoms with E-state index >= 15 is 0 Å². The minimum Gasteiger partial charge on any atom is -0.467 e. The summed E-state index contributed by atoms with van der Waals surface area (Å²) in [4.78, 5) is 11.9. The van der Waals surface area contributed by atoms with E-state index in [0.717, 1.165) is 6.42 Å². The minimum atomic E-state index is -0.778. The van der Waals surface area contributed by atoms with E-state index in [1.165, 1.54) is 32.8 Å². The van der Waals surface area contributed by atoms with Crippen LogP contribution in [0.25, 0.3) is 0 Å². The molecule has 0 amide bonds. The van der Waals surface area contributed by atoms with E-state index in [4.69, 9.17) is 14.2 Å². The molecule has 1 saturated carbocycles. The largest absolute Gasteiger partial charge is 0.467 e. The smallest absolute Gasteiger partial charge is 0.344 e. The van der Waals surface area contributed by atoms with Crippen molar-refractivity contribution in [3.05, 3.63) is 0 Å². The average molecular weight is 238 g/mol. The molecular weight excluding hydrogens is 220 g/mol. The van der Waals surface area contributed by atoms with Crippen LogP contribution in [0.2, 0.25) is 0 Å². The Morgan fingerprint density at radius 3 is 2.65 bits per heavy atom. The molecule has 3 aliphatic heterocycles. The fraction of sp³-hybridized carbons (Fsp3) is 0.923. The van der Waals surface area contributed by atoms with Gasteiger partial charge in [0.25, 0.3) is 0 Å². The SMILES string of the molecule is COC(=O)[C@]12O[C@]1(C)[C@H]1O[C@H]2CC12CCCC2. The molecule has 4 atom stereocenters. The van der Waals surface area contributed by atoms with Crippen molar-refractivity contribution < 1.29 is 19.0 Å². The molecule has 4 aliphatic rings. The van der Waals surface area contributed by atoms with Gasteiger partial charge in [-0.3, -0.25) is 0 Å². The predicted molar refractivity (Wildman–Crippen MR) is 58.4 cm³/mol. The molecule has 4 rings (SSSR count). The molecule has 17 heavy (non-hydrogen) atoms. The molecule has 0 aromatic heterocycles. The minimum absolute atomic E-state index is 0.0805. The highest BCUT2D eigenvalue weighted by Crippen LogP contribution is 2.72. The van der Waals surface area contributed by atoms with Crippen molar-refractivity contribution in [1.82, 2.24) is 0 Å². The Morgan fingerprint density at radius 2 is 2.06 bits per heavy atom. The molecule has 1 aliphatic carbocycles. The van der Waals surface area contributed by atoms with Gasteiger partial charge in [0.05, 0.1) is 13.2 Å². The molecule has 3 heterocycles. The zero-order valence-corrected chi connectivity index (χ0v) is 10.3. The maximum atomic E-state index is 11.9. The first kappa shape index (κ1) is 10.3. The Labute approximate surface area is 101 Å². The summed E-state index contributed by atoms with van der Waals surface area (Å²) < 4.78 is 16.8. The first-order valence-electron chi connectivity index (χ1n) is 6.53. The molecule has 0 unspecified atom stereocenters. The van der Waals surface area contributed by atoms with Crippen LogP contribution in [0.15, 0.2) is 0 Å². The van der Waals surface area contributed by atoms with Crippen LogP contribution in [-0.2, 0) is 19.0 Å². The number of carbonyl (C=O) groups excluding carboxylic acids is 1. The van der Waals surface area contributed by atoms with E-state index in [0.29, 0.717) is 0 Å².